The third-order valence-electron chi connectivity index (χ3n) is 6.84. The zero-order valence-electron chi connectivity index (χ0n) is 19.3. The van der Waals surface area contributed by atoms with Crippen molar-refractivity contribution in [1.29, 1.82) is 0 Å². The molecule has 0 amide bonds. The summed E-state index contributed by atoms with van der Waals surface area (Å²) in [5.74, 6) is 0.881. The second-order valence-corrected chi connectivity index (χ2v) is 9.29. The third-order valence-corrected chi connectivity index (χ3v) is 6.84. The van der Waals surface area contributed by atoms with E-state index in [1.54, 1.807) is 11.6 Å². The molecule has 0 saturated heterocycles. The van der Waals surface area contributed by atoms with E-state index in [0.29, 0.717) is 17.3 Å². The number of hydrogen-bond acceptors (Lipinski definition) is 6. The van der Waals surface area contributed by atoms with Crippen LogP contribution < -0.4 is 15.1 Å². The Hall–Kier alpha value is -3.27. The van der Waals surface area contributed by atoms with E-state index in [0.717, 1.165) is 48.2 Å². The van der Waals surface area contributed by atoms with Crippen molar-refractivity contribution in [1.82, 2.24) is 14.6 Å². The number of aromatic nitrogens is 3. The molecule has 5 rings (SSSR count). The molecular formula is C24H29F2N6O2+. The molecule has 1 aliphatic heterocycles. The lowest BCUT2D eigenvalue weighted by Crippen LogP contribution is -2.49. The summed E-state index contributed by atoms with van der Waals surface area (Å²) >= 11 is 0. The minimum Gasteiger partial charge on any atom is -0.479 e. The summed E-state index contributed by atoms with van der Waals surface area (Å²) in [5.41, 5.74) is 3.32. The van der Waals surface area contributed by atoms with Crippen molar-refractivity contribution in [3.05, 3.63) is 30.5 Å². The van der Waals surface area contributed by atoms with Crippen LogP contribution in [0.3, 0.4) is 0 Å². The van der Waals surface area contributed by atoms with E-state index in [1.807, 2.05) is 37.4 Å². The molecule has 1 aromatic carbocycles. The fourth-order valence-electron chi connectivity index (χ4n) is 4.86. The number of fused-ring (bicyclic) bond motifs is 2. The van der Waals surface area contributed by atoms with Crippen LogP contribution in [0.4, 0.5) is 26.1 Å². The minimum atomic E-state index is -0.902. The predicted octanol–water partition coefficient (Wildman–Crippen LogP) is 3.90. The Bertz CT molecular complexity index is 1230. The van der Waals surface area contributed by atoms with Gasteiger partial charge in [0.25, 0.3) is 5.69 Å². The third kappa shape index (κ3) is 3.75. The maximum atomic E-state index is 13.3. The molecule has 3 aromatic rings. The van der Waals surface area contributed by atoms with Gasteiger partial charge < -0.3 is 15.2 Å². The van der Waals surface area contributed by atoms with Crippen LogP contribution in [0.15, 0.2) is 30.5 Å². The van der Waals surface area contributed by atoms with E-state index < -0.39 is 25.0 Å². The monoisotopic (exact) mass is 471 g/mol. The Morgan fingerprint density at radius 3 is 2.71 bits per heavy atom. The highest BCUT2D eigenvalue weighted by Crippen LogP contribution is 2.44. The van der Waals surface area contributed by atoms with Gasteiger partial charge in [0.15, 0.2) is 12.4 Å². The minimum absolute atomic E-state index is 0.181. The highest BCUT2D eigenvalue weighted by molar-refractivity contribution is 5.88. The van der Waals surface area contributed by atoms with Crippen molar-refractivity contribution < 1.29 is 23.3 Å². The van der Waals surface area contributed by atoms with Gasteiger partial charge in [-0.1, -0.05) is 4.68 Å². The molecule has 0 unspecified atom stereocenters. The highest BCUT2D eigenvalue weighted by Gasteiger charge is 2.42. The molecule has 1 fully saturated rings. The SMILES string of the molecule is C=[N+]1c2ccc(-c3ccn4nc(NC5CCC(C)(O)CC5)nc(OC)c34)cc2N1C(CF)CF. The van der Waals surface area contributed by atoms with Crippen LogP contribution in [-0.2, 0) is 0 Å². The summed E-state index contributed by atoms with van der Waals surface area (Å²) in [6.07, 6.45) is 4.96. The van der Waals surface area contributed by atoms with Gasteiger partial charge in [-0.25, -0.2) is 13.3 Å². The smallest absolute Gasteiger partial charge is 0.264 e. The number of rotatable bonds is 7. The number of methoxy groups -OCH3 is 1. The second-order valence-electron chi connectivity index (χ2n) is 9.29. The van der Waals surface area contributed by atoms with E-state index in [-0.39, 0.29) is 6.04 Å². The standard InChI is InChI=1S/C24H29F2N6O2/c1-24(33)9-6-16(7-10-24)27-23-28-22(34-3)21-18(8-11-31(21)29-23)15-4-5-19-20(12-15)32(30(19)2)17(13-25)14-26/h4-5,8,11-12,16-17,33H,2,6-7,9-10,13-14H2,1,3H3,(H,27,29)/q+1. The Labute approximate surface area is 196 Å². The summed E-state index contributed by atoms with van der Waals surface area (Å²) in [6, 6.07) is 6.91. The van der Waals surface area contributed by atoms with E-state index in [1.165, 1.54) is 9.69 Å². The van der Waals surface area contributed by atoms with Gasteiger partial charge in [-0.2, -0.15) is 4.98 Å². The summed E-state index contributed by atoms with van der Waals surface area (Å²) in [7, 11) is 1.56. The molecule has 8 nitrogen and oxygen atoms in total. The topological polar surface area (TPSA) is 77.9 Å². The van der Waals surface area contributed by atoms with Gasteiger partial charge in [0.05, 0.1) is 12.7 Å². The number of aliphatic hydroxyl groups is 1. The van der Waals surface area contributed by atoms with E-state index in [4.69, 9.17) is 4.74 Å². The number of halogens is 2. The number of alkyl halides is 2. The molecule has 34 heavy (non-hydrogen) atoms. The van der Waals surface area contributed by atoms with Crippen LogP contribution >= 0.6 is 0 Å². The predicted molar refractivity (Wildman–Crippen MR) is 127 cm³/mol. The van der Waals surface area contributed by atoms with E-state index >= 15 is 0 Å². The van der Waals surface area contributed by atoms with Crippen molar-refractivity contribution in [2.45, 2.75) is 50.3 Å². The maximum absolute atomic E-state index is 13.3. The van der Waals surface area contributed by atoms with Crippen molar-refractivity contribution in [3.63, 3.8) is 0 Å². The molecular weight excluding hydrogens is 442 g/mol. The number of nitrogens with zero attached hydrogens (tertiary/aromatic N) is 5. The zero-order valence-corrected chi connectivity index (χ0v) is 19.3. The fourth-order valence-corrected chi connectivity index (χ4v) is 4.86. The first kappa shape index (κ1) is 22.5. The lowest BCUT2D eigenvalue weighted by Gasteiger charge is -2.33. The molecule has 0 atom stereocenters. The van der Waals surface area contributed by atoms with Crippen molar-refractivity contribution in [2.24, 2.45) is 0 Å². The summed E-state index contributed by atoms with van der Waals surface area (Å²) in [6.45, 7) is 4.13. The quantitative estimate of drug-likeness (QED) is 0.509. The fraction of sp³-hybridized carbons (Fsp3) is 0.458. The number of hydrazone groups is 1. The molecule has 0 radical (unpaired) electrons. The summed E-state index contributed by atoms with van der Waals surface area (Å²) in [4.78, 5) is 4.59. The van der Waals surface area contributed by atoms with Gasteiger partial charge in [-0.05, 0) is 56.4 Å². The average Bonchev–Trinajstić information content (AvgIpc) is 3.26. The molecule has 180 valence electrons. The van der Waals surface area contributed by atoms with Crippen LogP contribution in [-0.4, -0.2) is 69.3 Å². The van der Waals surface area contributed by atoms with Crippen LogP contribution in [0.25, 0.3) is 16.6 Å². The first-order valence-electron chi connectivity index (χ1n) is 11.4. The van der Waals surface area contributed by atoms with Crippen molar-refractivity contribution >= 4 is 29.6 Å². The Morgan fingerprint density at radius 1 is 1.29 bits per heavy atom. The number of anilines is 2. The Kier molecular flexibility index (Phi) is 5.63. The molecule has 2 aliphatic rings. The van der Waals surface area contributed by atoms with E-state index in [2.05, 4.69) is 22.1 Å². The van der Waals surface area contributed by atoms with Gasteiger partial charge in [0.2, 0.25) is 11.8 Å². The number of hydrazine groups is 1. The van der Waals surface area contributed by atoms with E-state index in [9.17, 15) is 13.9 Å². The molecule has 2 aromatic heterocycles. The van der Waals surface area contributed by atoms with Gasteiger partial charge >= 0.3 is 0 Å². The molecule has 10 heteroatoms. The molecule has 0 bridgehead atoms. The highest BCUT2D eigenvalue weighted by atomic mass is 19.1. The van der Waals surface area contributed by atoms with Crippen molar-refractivity contribution in [2.75, 3.05) is 30.8 Å². The van der Waals surface area contributed by atoms with Crippen LogP contribution in [0.5, 0.6) is 5.88 Å². The number of benzene rings is 1. The van der Waals surface area contributed by atoms with Gasteiger partial charge in [0, 0.05) is 23.9 Å². The van der Waals surface area contributed by atoms with Gasteiger partial charge in [0.1, 0.15) is 24.9 Å². The molecule has 1 aliphatic carbocycles. The lowest BCUT2D eigenvalue weighted by molar-refractivity contribution is -0.479. The van der Waals surface area contributed by atoms with Gasteiger partial charge in [-0.15, -0.1) is 10.1 Å². The zero-order chi connectivity index (χ0) is 24.0. The van der Waals surface area contributed by atoms with Crippen molar-refractivity contribution in [3.8, 4) is 17.0 Å². The second kappa shape index (κ2) is 8.50. The summed E-state index contributed by atoms with van der Waals surface area (Å²) < 4.78 is 35.5. The van der Waals surface area contributed by atoms with Gasteiger partial charge in [-0.3, -0.25) is 0 Å². The first-order chi connectivity index (χ1) is 16.3. The Morgan fingerprint density at radius 2 is 2.03 bits per heavy atom. The Balaban J connectivity index is 1.46. The van der Waals surface area contributed by atoms with Crippen LogP contribution in [0, 0.1) is 0 Å². The lowest BCUT2D eigenvalue weighted by atomic mass is 9.84. The number of nitrogens with one attached hydrogen (secondary N) is 1. The van der Waals surface area contributed by atoms with Crippen LogP contribution in [0.2, 0.25) is 0 Å². The average molecular weight is 472 g/mol. The number of hydrogen-bond donors (Lipinski definition) is 2. The summed E-state index contributed by atoms with van der Waals surface area (Å²) in [5, 5.41) is 19.7. The molecule has 1 saturated carbocycles. The molecule has 3 heterocycles. The van der Waals surface area contributed by atoms with Crippen LogP contribution in [0.1, 0.15) is 32.6 Å². The first-order valence-corrected chi connectivity index (χ1v) is 11.4. The maximum Gasteiger partial charge on any atom is 0.264 e. The largest absolute Gasteiger partial charge is 0.479 e. The molecule has 0 spiro atoms. The molecule has 2 N–H and O–H groups in total. The normalized spacial score (nSPS) is 22.1. The number of ether oxygens (including phenoxy) is 1.